The van der Waals surface area contributed by atoms with E-state index in [1.807, 2.05) is 0 Å². The largest absolute Gasteiger partial charge is 0.490 e. The van der Waals surface area contributed by atoms with Crippen LogP contribution >= 0.6 is 0 Å². The fourth-order valence-corrected chi connectivity index (χ4v) is 2.93. The van der Waals surface area contributed by atoms with Gasteiger partial charge in [-0.05, 0) is 36.8 Å². The molecule has 3 heteroatoms. The van der Waals surface area contributed by atoms with Gasteiger partial charge in [0.05, 0.1) is 0 Å². The normalized spacial score (nSPS) is 28.4. The first-order chi connectivity index (χ1) is 8.65. The molecule has 3 atom stereocenters. The van der Waals surface area contributed by atoms with Crippen LogP contribution in [0.1, 0.15) is 37.3 Å². The molecule has 2 aliphatic rings. The molecule has 1 heterocycles. The molecule has 1 aromatic rings. The van der Waals surface area contributed by atoms with E-state index in [2.05, 4.69) is 30.4 Å². The fraction of sp³-hybridized carbons (Fsp3) is 0.533. The summed E-state index contributed by atoms with van der Waals surface area (Å²) >= 11 is 0. The van der Waals surface area contributed by atoms with Crippen molar-refractivity contribution in [2.24, 2.45) is 5.92 Å². The number of nitrogens with one attached hydrogen (secondary N) is 1. The van der Waals surface area contributed by atoms with Crippen molar-refractivity contribution in [3.05, 3.63) is 29.3 Å². The quantitative estimate of drug-likeness (QED) is 0.887. The monoisotopic (exact) mass is 245 g/mol. The predicted octanol–water partition coefficient (Wildman–Crippen LogP) is 2.25. The van der Waals surface area contributed by atoms with E-state index in [0.29, 0.717) is 17.9 Å². The lowest BCUT2D eigenvalue weighted by Crippen LogP contribution is -2.22. The highest BCUT2D eigenvalue weighted by Crippen LogP contribution is 2.50. The third kappa shape index (κ3) is 2.09. The molecule has 96 valence electrons. The highest BCUT2D eigenvalue weighted by atomic mass is 16.5. The van der Waals surface area contributed by atoms with Gasteiger partial charge in [0.25, 0.3) is 0 Å². The molecule has 0 bridgehead atoms. The summed E-state index contributed by atoms with van der Waals surface area (Å²) in [5.74, 6) is 2.35. The smallest absolute Gasteiger partial charge is 0.216 e. The molecule has 0 spiro atoms. The molecule has 3 unspecified atom stereocenters. The zero-order chi connectivity index (χ0) is 12.7. The molecule has 0 radical (unpaired) electrons. The summed E-state index contributed by atoms with van der Waals surface area (Å²) in [6, 6.07) is 6.37. The Kier molecular flexibility index (Phi) is 2.77. The summed E-state index contributed by atoms with van der Waals surface area (Å²) in [6.45, 7) is 4.50. The molecule has 1 fully saturated rings. The summed E-state index contributed by atoms with van der Waals surface area (Å²) in [6.07, 6.45) is 2.51. The highest BCUT2D eigenvalue weighted by Gasteiger charge is 2.40. The Morgan fingerprint density at radius 1 is 1.50 bits per heavy atom. The minimum atomic E-state index is 0.0656. The summed E-state index contributed by atoms with van der Waals surface area (Å²) in [5, 5.41) is 2.91. The van der Waals surface area contributed by atoms with Crippen molar-refractivity contribution in [3.8, 4) is 5.75 Å². The van der Waals surface area contributed by atoms with Crippen molar-refractivity contribution in [1.82, 2.24) is 5.32 Å². The van der Waals surface area contributed by atoms with Crippen LogP contribution in [-0.4, -0.2) is 18.6 Å². The number of hydrogen-bond acceptors (Lipinski definition) is 2. The Morgan fingerprint density at radius 3 is 3.11 bits per heavy atom. The van der Waals surface area contributed by atoms with Crippen molar-refractivity contribution in [3.63, 3.8) is 0 Å². The maximum absolute atomic E-state index is 10.9. The van der Waals surface area contributed by atoms with Gasteiger partial charge in [-0.15, -0.1) is 0 Å². The number of ether oxygens (including phenoxy) is 1. The summed E-state index contributed by atoms with van der Waals surface area (Å²) < 4.78 is 5.79. The molecule has 0 aromatic heterocycles. The van der Waals surface area contributed by atoms with E-state index in [1.165, 1.54) is 17.5 Å². The number of benzene rings is 1. The van der Waals surface area contributed by atoms with E-state index >= 15 is 0 Å². The topological polar surface area (TPSA) is 38.3 Å². The zero-order valence-electron chi connectivity index (χ0n) is 10.9. The lowest BCUT2D eigenvalue weighted by Gasteiger charge is -2.06. The lowest BCUT2D eigenvalue weighted by molar-refractivity contribution is -0.119. The number of carbonyl (C=O) groups is 1. The first kappa shape index (κ1) is 11.6. The first-order valence-corrected chi connectivity index (χ1v) is 6.68. The van der Waals surface area contributed by atoms with Crippen LogP contribution in [-0.2, 0) is 11.2 Å². The molecule has 1 N–H and O–H groups in total. The Balaban J connectivity index is 1.72. The number of amides is 1. The lowest BCUT2D eigenvalue weighted by atomic mass is 9.98. The van der Waals surface area contributed by atoms with Gasteiger partial charge in [0.2, 0.25) is 5.91 Å². The summed E-state index contributed by atoms with van der Waals surface area (Å²) in [5.41, 5.74) is 2.83. The minimum Gasteiger partial charge on any atom is -0.490 e. The van der Waals surface area contributed by atoms with E-state index in [1.54, 1.807) is 6.92 Å². The van der Waals surface area contributed by atoms with Crippen molar-refractivity contribution in [2.45, 2.75) is 38.7 Å². The average molecular weight is 245 g/mol. The number of rotatable bonds is 3. The van der Waals surface area contributed by atoms with E-state index in [9.17, 15) is 4.79 Å². The van der Waals surface area contributed by atoms with Gasteiger partial charge in [-0.2, -0.15) is 0 Å². The van der Waals surface area contributed by atoms with Gasteiger partial charge < -0.3 is 10.1 Å². The van der Waals surface area contributed by atoms with Gasteiger partial charge in [-0.1, -0.05) is 12.1 Å². The molecule has 1 amide bonds. The van der Waals surface area contributed by atoms with Crippen molar-refractivity contribution < 1.29 is 9.53 Å². The second-order valence-electron chi connectivity index (χ2n) is 5.50. The fourth-order valence-electron chi connectivity index (χ4n) is 2.93. The third-order valence-electron chi connectivity index (χ3n) is 3.92. The van der Waals surface area contributed by atoms with Crippen LogP contribution in [0.5, 0.6) is 5.75 Å². The second kappa shape index (κ2) is 4.30. The van der Waals surface area contributed by atoms with Gasteiger partial charge in [0.15, 0.2) is 0 Å². The second-order valence-corrected chi connectivity index (χ2v) is 5.50. The predicted molar refractivity (Wildman–Crippen MR) is 69.8 cm³/mol. The Hall–Kier alpha value is -1.51. The van der Waals surface area contributed by atoms with Crippen LogP contribution < -0.4 is 10.1 Å². The van der Waals surface area contributed by atoms with Crippen molar-refractivity contribution >= 4 is 5.91 Å². The highest BCUT2D eigenvalue weighted by molar-refractivity contribution is 5.72. The van der Waals surface area contributed by atoms with Gasteiger partial charge in [0, 0.05) is 25.5 Å². The van der Waals surface area contributed by atoms with Gasteiger partial charge in [-0.25, -0.2) is 0 Å². The Bertz CT molecular complexity index is 483. The molecule has 3 nitrogen and oxygen atoms in total. The van der Waals surface area contributed by atoms with Crippen LogP contribution in [0.2, 0.25) is 0 Å². The zero-order valence-corrected chi connectivity index (χ0v) is 10.9. The van der Waals surface area contributed by atoms with E-state index in [-0.39, 0.29) is 5.91 Å². The Morgan fingerprint density at radius 2 is 2.33 bits per heavy atom. The van der Waals surface area contributed by atoms with Crippen LogP contribution in [0, 0.1) is 5.92 Å². The average Bonchev–Trinajstić information content (AvgIpc) is 2.98. The maximum atomic E-state index is 10.9. The first-order valence-electron chi connectivity index (χ1n) is 6.68. The molecule has 1 saturated carbocycles. The van der Waals surface area contributed by atoms with Crippen LogP contribution in [0.15, 0.2) is 18.2 Å². The molecular formula is C15H19NO2. The van der Waals surface area contributed by atoms with Crippen molar-refractivity contribution in [2.75, 3.05) is 6.54 Å². The molecule has 1 aliphatic heterocycles. The van der Waals surface area contributed by atoms with Gasteiger partial charge in [-0.3, -0.25) is 4.79 Å². The maximum Gasteiger partial charge on any atom is 0.216 e. The number of hydrogen-bond donors (Lipinski definition) is 1. The molecular weight excluding hydrogens is 226 g/mol. The number of carbonyl (C=O) groups excluding carboxylic acids is 1. The van der Waals surface area contributed by atoms with Crippen LogP contribution in [0.25, 0.3) is 0 Å². The Labute approximate surface area is 108 Å². The van der Waals surface area contributed by atoms with Gasteiger partial charge >= 0.3 is 0 Å². The van der Waals surface area contributed by atoms with E-state index in [0.717, 1.165) is 18.7 Å². The molecule has 1 aromatic carbocycles. The van der Waals surface area contributed by atoms with E-state index in [4.69, 9.17) is 4.74 Å². The summed E-state index contributed by atoms with van der Waals surface area (Å²) in [4.78, 5) is 10.9. The third-order valence-corrected chi connectivity index (χ3v) is 3.92. The minimum absolute atomic E-state index is 0.0656. The van der Waals surface area contributed by atoms with Crippen molar-refractivity contribution in [1.29, 1.82) is 0 Å². The molecule has 0 saturated heterocycles. The summed E-state index contributed by atoms with van der Waals surface area (Å²) in [7, 11) is 0. The SMILES string of the molecule is CC(=O)NCC1CC1c1cccc2c1CC(C)O2. The molecule has 1 aliphatic carbocycles. The van der Waals surface area contributed by atoms with E-state index < -0.39 is 0 Å². The number of fused-ring (bicyclic) bond motifs is 1. The standard InChI is InChI=1S/C15H19NO2/c1-9-6-14-12(4-3-5-15(14)18-9)13-7-11(13)8-16-10(2)17/h3-5,9,11,13H,6-8H2,1-2H3,(H,16,17). The molecule has 18 heavy (non-hydrogen) atoms. The van der Waals surface area contributed by atoms with Crippen LogP contribution in [0.3, 0.4) is 0 Å². The molecule has 3 rings (SSSR count). The van der Waals surface area contributed by atoms with Gasteiger partial charge in [0.1, 0.15) is 11.9 Å². The van der Waals surface area contributed by atoms with Crippen LogP contribution in [0.4, 0.5) is 0 Å².